The van der Waals surface area contributed by atoms with E-state index < -0.39 is 17.9 Å². The summed E-state index contributed by atoms with van der Waals surface area (Å²) < 4.78 is 0. The van der Waals surface area contributed by atoms with Gasteiger partial charge in [-0.15, -0.1) is 0 Å². The van der Waals surface area contributed by atoms with Crippen LogP contribution in [0, 0.1) is 5.92 Å². The fraction of sp³-hybridized carbons (Fsp3) is 0.500. The van der Waals surface area contributed by atoms with E-state index in [-0.39, 0.29) is 12.5 Å². The van der Waals surface area contributed by atoms with E-state index >= 15 is 0 Å². The molecule has 0 aliphatic rings. The maximum absolute atomic E-state index is 10.1. The average molecular weight is 248 g/mol. The maximum Gasteiger partial charge on any atom is 0.328 e. The minimum absolute atomic E-state index is 0.0810. The summed E-state index contributed by atoms with van der Waals surface area (Å²) in [6.45, 7) is 1.72. The highest BCUT2D eigenvalue weighted by Gasteiger charge is 2.08. The average Bonchev–Trinajstić information content (AvgIpc) is 2.23. The van der Waals surface area contributed by atoms with Gasteiger partial charge in [0.1, 0.15) is 0 Å². The molecule has 98 valence electrons. The van der Waals surface area contributed by atoms with Crippen molar-refractivity contribution in [2.75, 3.05) is 6.61 Å². The van der Waals surface area contributed by atoms with Gasteiger partial charge in [0.05, 0.1) is 5.92 Å². The SMILES string of the molecule is CC(CCCO)C(=O)O.O=C(O)/C=C\C(=O)O. The van der Waals surface area contributed by atoms with Crippen molar-refractivity contribution in [2.24, 2.45) is 5.92 Å². The standard InChI is InChI=1S/C6H12O3.C4H4O4/c1-5(6(8)9)3-2-4-7;5-3(6)1-2-4(7)8/h5,7H,2-4H2,1H3,(H,8,9);1-2H,(H,5,6)(H,7,8)/b;2-1-. The summed E-state index contributed by atoms with van der Waals surface area (Å²) >= 11 is 0. The number of hydrogen-bond acceptors (Lipinski definition) is 4. The quantitative estimate of drug-likeness (QED) is 0.493. The van der Waals surface area contributed by atoms with E-state index in [4.69, 9.17) is 20.4 Å². The molecule has 0 heterocycles. The molecule has 1 atom stereocenters. The molecule has 0 bridgehead atoms. The van der Waals surface area contributed by atoms with Crippen molar-refractivity contribution in [3.63, 3.8) is 0 Å². The highest BCUT2D eigenvalue weighted by molar-refractivity contribution is 5.89. The Labute approximate surface area is 98.0 Å². The number of hydrogen-bond donors (Lipinski definition) is 4. The fourth-order valence-electron chi connectivity index (χ4n) is 0.664. The number of aliphatic carboxylic acids is 3. The summed E-state index contributed by atoms with van der Waals surface area (Å²) in [5.74, 6) is -3.62. The Morgan fingerprint density at radius 1 is 1.06 bits per heavy atom. The van der Waals surface area contributed by atoms with E-state index in [1.807, 2.05) is 0 Å². The van der Waals surface area contributed by atoms with Crippen LogP contribution < -0.4 is 0 Å². The Hall–Kier alpha value is -1.89. The van der Waals surface area contributed by atoms with Gasteiger partial charge in [0.25, 0.3) is 0 Å². The van der Waals surface area contributed by atoms with Crippen molar-refractivity contribution < 1.29 is 34.8 Å². The molecule has 1 unspecified atom stereocenters. The first-order valence-corrected chi connectivity index (χ1v) is 4.78. The van der Waals surface area contributed by atoms with Crippen molar-refractivity contribution in [2.45, 2.75) is 19.8 Å². The first-order valence-electron chi connectivity index (χ1n) is 4.78. The summed E-state index contributed by atoms with van der Waals surface area (Å²) in [6, 6.07) is 0. The Bertz CT molecular complexity index is 266. The minimum atomic E-state index is -1.26. The van der Waals surface area contributed by atoms with Crippen LogP contribution in [0.5, 0.6) is 0 Å². The van der Waals surface area contributed by atoms with Gasteiger partial charge >= 0.3 is 17.9 Å². The predicted octanol–water partition coefficient (Wildman–Crippen LogP) is 0.191. The highest BCUT2D eigenvalue weighted by atomic mass is 16.4. The van der Waals surface area contributed by atoms with E-state index in [2.05, 4.69) is 0 Å². The number of aliphatic hydroxyl groups is 1. The fourth-order valence-corrected chi connectivity index (χ4v) is 0.664. The summed E-state index contributed by atoms with van der Waals surface area (Å²) in [5.41, 5.74) is 0. The van der Waals surface area contributed by atoms with Crippen molar-refractivity contribution >= 4 is 17.9 Å². The van der Waals surface area contributed by atoms with Gasteiger partial charge in [-0.2, -0.15) is 0 Å². The first kappa shape index (κ1) is 17.5. The van der Waals surface area contributed by atoms with Crippen LogP contribution in [0.1, 0.15) is 19.8 Å². The van der Waals surface area contributed by atoms with Gasteiger partial charge < -0.3 is 20.4 Å². The zero-order chi connectivity index (χ0) is 13.8. The molecule has 0 saturated carbocycles. The summed E-state index contributed by atoms with van der Waals surface area (Å²) in [6.07, 6.45) is 2.25. The number of carboxylic acids is 3. The Morgan fingerprint density at radius 2 is 1.47 bits per heavy atom. The molecule has 0 rings (SSSR count). The molecule has 17 heavy (non-hydrogen) atoms. The molecule has 0 aromatic heterocycles. The normalized spacial score (nSPS) is 11.4. The lowest BCUT2D eigenvalue weighted by molar-refractivity contribution is -0.141. The lowest BCUT2D eigenvalue weighted by Gasteiger charge is -2.01. The van der Waals surface area contributed by atoms with Crippen LogP contribution >= 0.6 is 0 Å². The summed E-state index contributed by atoms with van der Waals surface area (Å²) in [5, 5.41) is 32.3. The number of carbonyl (C=O) groups is 3. The molecular formula is C10H16O7. The summed E-state index contributed by atoms with van der Waals surface area (Å²) in [7, 11) is 0. The molecule has 0 aliphatic heterocycles. The largest absolute Gasteiger partial charge is 0.481 e. The van der Waals surface area contributed by atoms with Gasteiger partial charge in [-0.3, -0.25) is 4.79 Å². The smallest absolute Gasteiger partial charge is 0.328 e. The van der Waals surface area contributed by atoms with Gasteiger partial charge in [0.2, 0.25) is 0 Å². The van der Waals surface area contributed by atoms with Gasteiger partial charge in [-0.1, -0.05) is 6.92 Å². The van der Waals surface area contributed by atoms with E-state index in [0.717, 1.165) is 0 Å². The van der Waals surface area contributed by atoms with Gasteiger partial charge in [-0.25, -0.2) is 9.59 Å². The molecule has 0 spiro atoms. The molecular weight excluding hydrogens is 232 g/mol. The van der Waals surface area contributed by atoms with Crippen LogP contribution in [-0.4, -0.2) is 44.9 Å². The Balaban J connectivity index is 0. The molecule has 0 aliphatic carbocycles. The number of carboxylic acid groups (broad SMARTS) is 3. The van der Waals surface area contributed by atoms with Crippen LogP contribution in [0.15, 0.2) is 12.2 Å². The Kier molecular flexibility index (Phi) is 10.9. The third kappa shape index (κ3) is 16.8. The van der Waals surface area contributed by atoms with E-state index in [1.54, 1.807) is 6.92 Å². The molecule has 0 aromatic carbocycles. The minimum Gasteiger partial charge on any atom is -0.481 e. The first-order chi connectivity index (χ1) is 7.81. The molecule has 7 nitrogen and oxygen atoms in total. The van der Waals surface area contributed by atoms with E-state index in [9.17, 15) is 14.4 Å². The second-order valence-electron chi connectivity index (χ2n) is 3.11. The third-order valence-corrected chi connectivity index (χ3v) is 1.59. The van der Waals surface area contributed by atoms with Crippen molar-refractivity contribution in [1.82, 2.24) is 0 Å². The van der Waals surface area contributed by atoms with Crippen LogP contribution in [0.3, 0.4) is 0 Å². The molecule has 7 heteroatoms. The lowest BCUT2D eigenvalue weighted by atomic mass is 10.1. The van der Waals surface area contributed by atoms with Crippen LogP contribution in [0.25, 0.3) is 0 Å². The topological polar surface area (TPSA) is 132 Å². The molecule has 0 saturated heterocycles. The molecule has 0 fully saturated rings. The molecule has 0 radical (unpaired) electrons. The second-order valence-corrected chi connectivity index (χ2v) is 3.11. The second kappa shape index (κ2) is 10.6. The van der Waals surface area contributed by atoms with Crippen molar-refractivity contribution in [3.8, 4) is 0 Å². The number of rotatable bonds is 6. The van der Waals surface area contributed by atoms with Gasteiger partial charge in [0, 0.05) is 18.8 Å². The van der Waals surface area contributed by atoms with E-state index in [1.165, 1.54) is 0 Å². The zero-order valence-corrected chi connectivity index (χ0v) is 9.37. The van der Waals surface area contributed by atoms with Crippen molar-refractivity contribution in [3.05, 3.63) is 12.2 Å². The third-order valence-electron chi connectivity index (χ3n) is 1.59. The monoisotopic (exact) mass is 248 g/mol. The number of aliphatic hydroxyl groups excluding tert-OH is 1. The predicted molar refractivity (Wildman–Crippen MR) is 57.5 cm³/mol. The van der Waals surface area contributed by atoms with E-state index in [0.29, 0.717) is 25.0 Å². The van der Waals surface area contributed by atoms with Crippen LogP contribution in [0.4, 0.5) is 0 Å². The lowest BCUT2D eigenvalue weighted by Crippen LogP contribution is -2.09. The maximum atomic E-state index is 10.1. The zero-order valence-electron chi connectivity index (χ0n) is 9.37. The van der Waals surface area contributed by atoms with Crippen LogP contribution in [-0.2, 0) is 14.4 Å². The summed E-state index contributed by atoms with van der Waals surface area (Å²) in [4.78, 5) is 29.2. The molecule has 4 N–H and O–H groups in total. The highest BCUT2D eigenvalue weighted by Crippen LogP contribution is 2.03. The van der Waals surface area contributed by atoms with Crippen LogP contribution in [0.2, 0.25) is 0 Å². The Morgan fingerprint density at radius 3 is 1.71 bits per heavy atom. The molecule has 0 amide bonds. The van der Waals surface area contributed by atoms with Gasteiger partial charge in [-0.05, 0) is 12.8 Å². The molecule has 0 aromatic rings. The van der Waals surface area contributed by atoms with Crippen molar-refractivity contribution in [1.29, 1.82) is 0 Å². The van der Waals surface area contributed by atoms with Gasteiger partial charge in [0.15, 0.2) is 0 Å².